The molecule has 2 rings (SSSR count). The van der Waals surface area contributed by atoms with E-state index in [9.17, 15) is 9.59 Å². The van der Waals surface area contributed by atoms with Gasteiger partial charge in [0.25, 0.3) is 5.91 Å². The molecule has 0 fully saturated rings. The summed E-state index contributed by atoms with van der Waals surface area (Å²) in [5.41, 5.74) is 2.60. The van der Waals surface area contributed by atoms with E-state index in [0.29, 0.717) is 49.8 Å². The maximum atomic E-state index is 12.6. The van der Waals surface area contributed by atoms with Gasteiger partial charge in [-0.25, -0.2) is 9.78 Å². The van der Waals surface area contributed by atoms with Crippen LogP contribution in [0.25, 0.3) is 0 Å². The summed E-state index contributed by atoms with van der Waals surface area (Å²) in [7, 11) is 3.49. The number of hydrogen-bond acceptors (Lipinski definition) is 4. The molecule has 1 aromatic rings. The summed E-state index contributed by atoms with van der Waals surface area (Å²) < 4.78 is 0. The second-order valence-corrected chi connectivity index (χ2v) is 8.06. The van der Waals surface area contributed by atoms with Crippen LogP contribution < -0.4 is 10.6 Å². The number of carbonyl (C=O) groups excluding carboxylic acids is 2. The zero-order valence-electron chi connectivity index (χ0n) is 17.4. The molecule has 0 aromatic carbocycles. The topological polar surface area (TPSA) is 77.6 Å². The Kier molecular flexibility index (Phi) is 7.05. The van der Waals surface area contributed by atoms with Crippen molar-refractivity contribution in [2.45, 2.75) is 46.6 Å². The number of aromatic nitrogens is 1. The van der Waals surface area contributed by atoms with Crippen LogP contribution in [0.1, 0.15) is 49.3 Å². The third kappa shape index (κ3) is 5.58. The standard InChI is InChI=1S/C20H33N5O2/c1-13(2)12-21-20(27)25-9-7-15-11-16(19(26)24(5)6)18(22-14(3)4)23-17(15)8-10-25/h11,13-14H,7-10,12H2,1-6H3,(H,21,27)(H,22,23). The molecule has 0 saturated carbocycles. The lowest BCUT2D eigenvalue weighted by molar-refractivity contribution is 0.0828. The largest absolute Gasteiger partial charge is 0.367 e. The van der Waals surface area contributed by atoms with Gasteiger partial charge in [0.15, 0.2) is 0 Å². The number of urea groups is 1. The molecule has 2 heterocycles. The monoisotopic (exact) mass is 375 g/mol. The van der Waals surface area contributed by atoms with E-state index in [1.165, 1.54) is 0 Å². The molecule has 0 saturated heterocycles. The average Bonchev–Trinajstić information content (AvgIpc) is 2.79. The van der Waals surface area contributed by atoms with Crippen molar-refractivity contribution in [2.24, 2.45) is 5.92 Å². The van der Waals surface area contributed by atoms with Crippen molar-refractivity contribution < 1.29 is 9.59 Å². The maximum absolute atomic E-state index is 12.6. The molecule has 0 aliphatic carbocycles. The Balaban J connectivity index is 2.24. The Morgan fingerprint density at radius 1 is 1.19 bits per heavy atom. The molecule has 0 unspecified atom stereocenters. The van der Waals surface area contributed by atoms with Gasteiger partial charge in [0.05, 0.1) is 5.56 Å². The third-order valence-corrected chi connectivity index (χ3v) is 4.47. The minimum atomic E-state index is -0.0655. The first-order valence-corrected chi connectivity index (χ1v) is 9.72. The second kappa shape index (κ2) is 9.06. The van der Waals surface area contributed by atoms with Crippen LogP contribution in [0.15, 0.2) is 6.07 Å². The first-order valence-electron chi connectivity index (χ1n) is 9.72. The Labute approximate surface area is 162 Å². The van der Waals surface area contributed by atoms with Gasteiger partial charge in [0, 0.05) is 51.9 Å². The van der Waals surface area contributed by atoms with Gasteiger partial charge in [-0.05, 0) is 37.8 Å². The van der Waals surface area contributed by atoms with Gasteiger partial charge in [-0.2, -0.15) is 0 Å². The van der Waals surface area contributed by atoms with E-state index in [-0.39, 0.29) is 18.0 Å². The van der Waals surface area contributed by atoms with E-state index in [0.717, 1.165) is 11.3 Å². The summed E-state index contributed by atoms with van der Waals surface area (Å²) in [6.07, 6.45) is 1.39. The molecule has 1 aromatic heterocycles. The summed E-state index contributed by atoms with van der Waals surface area (Å²) in [4.78, 5) is 33.2. The fourth-order valence-corrected chi connectivity index (χ4v) is 3.03. The molecular formula is C20H33N5O2. The van der Waals surface area contributed by atoms with Gasteiger partial charge < -0.3 is 20.4 Å². The van der Waals surface area contributed by atoms with Crippen molar-refractivity contribution in [1.82, 2.24) is 20.1 Å². The number of hydrogen-bond donors (Lipinski definition) is 2. The van der Waals surface area contributed by atoms with Crippen LogP contribution in [0.5, 0.6) is 0 Å². The molecule has 27 heavy (non-hydrogen) atoms. The van der Waals surface area contributed by atoms with Gasteiger partial charge in [0.2, 0.25) is 0 Å². The van der Waals surface area contributed by atoms with Crippen molar-refractivity contribution in [3.05, 3.63) is 22.9 Å². The van der Waals surface area contributed by atoms with E-state index in [2.05, 4.69) is 24.5 Å². The van der Waals surface area contributed by atoms with Crippen LogP contribution in [-0.4, -0.2) is 66.5 Å². The highest BCUT2D eigenvalue weighted by Gasteiger charge is 2.23. The summed E-state index contributed by atoms with van der Waals surface area (Å²) >= 11 is 0. The fourth-order valence-electron chi connectivity index (χ4n) is 3.03. The van der Waals surface area contributed by atoms with Crippen LogP contribution in [0.4, 0.5) is 10.6 Å². The number of fused-ring (bicyclic) bond motifs is 1. The van der Waals surface area contributed by atoms with Gasteiger partial charge in [0.1, 0.15) is 5.82 Å². The van der Waals surface area contributed by atoms with Crippen LogP contribution in [0, 0.1) is 5.92 Å². The first-order chi connectivity index (χ1) is 12.7. The summed E-state index contributed by atoms with van der Waals surface area (Å²) in [5, 5.41) is 6.28. The van der Waals surface area contributed by atoms with Crippen molar-refractivity contribution >= 4 is 17.8 Å². The fraction of sp³-hybridized carbons (Fsp3) is 0.650. The highest BCUT2D eigenvalue weighted by Crippen LogP contribution is 2.23. The van der Waals surface area contributed by atoms with Crippen molar-refractivity contribution in [2.75, 3.05) is 39.0 Å². The quantitative estimate of drug-likeness (QED) is 0.828. The Bertz CT molecular complexity index is 685. The smallest absolute Gasteiger partial charge is 0.317 e. The zero-order chi connectivity index (χ0) is 20.1. The Hall–Kier alpha value is -2.31. The number of anilines is 1. The lowest BCUT2D eigenvalue weighted by atomic mass is 10.0. The van der Waals surface area contributed by atoms with E-state index < -0.39 is 0 Å². The third-order valence-electron chi connectivity index (χ3n) is 4.47. The van der Waals surface area contributed by atoms with Crippen LogP contribution >= 0.6 is 0 Å². The van der Waals surface area contributed by atoms with Gasteiger partial charge >= 0.3 is 6.03 Å². The van der Waals surface area contributed by atoms with Crippen LogP contribution in [0.3, 0.4) is 0 Å². The molecular weight excluding hydrogens is 342 g/mol. The first kappa shape index (κ1) is 21.0. The van der Waals surface area contributed by atoms with Crippen LogP contribution in [0.2, 0.25) is 0 Å². The van der Waals surface area contributed by atoms with E-state index in [1.54, 1.807) is 19.0 Å². The maximum Gasteiger partial charge on any atom is 0.317 e. The lowest BCUT2D eigenvalue weighted by Crippen LogP contribution is -2.42. The molecule has 7 heteroatoms. The minimum absolute atomic E-state index is 0.0263. The Morgan fingerprint density at radius 2 is 1.85 bits per heavy atom. The predicted molar refractivity (Wildman–Crippen MR) is 108 cm³/mol. The van der Waals surface area contributed by atoms with Crippen molar-refractivity contribution in [3.63, 3.8) is 0 Å². The molecule has 1 aliphatic heterocycles. The summed E-state index contributed by atoms with van der Waals surface area (Å²) in [6.45, 7) is 10.1. The highest BCUT2D eigenvalue weighted by atomic mass is 16.2. The molecule has 150 valence electrons. The van der Waals surface area contributed by atoms with E-state index >= 15 is 0 Å². The number of carbonyl (C=O) groups is 2. The molecule has 2 N–H and O–H groups in total. The number of nitrogens with zero attached hydrogens (tertiary/aromatic N) is 3. The molecule has 0 bridgehead atoms. The predicted octanol–water partition coefficient (Wildman–Crippen LogP) is 2.37. The molecule has 0 spiro atoms. The van der Waals surface area contributed by atoms with Gasteiger partial charge in [-0.1, -0.05) is 13.8 Å². The number of pyridine rings is 1. The van der Waals surface area contributed by atoms with Gasteiger partial charge in [-0.3, -0.25) is 4.79 Å². The minimum Gasteiger partial charge on any atom is -0.367 e. The lowest BCUT2D eigenvalue weighted by Gasteiger charge is -2.21. The Morgan fingerprint density at radius 3 is 2.44 bits per heavy atom. The molecule has 0 radical (unpaired) electrons. The highest BCUT2D eigenvalue weighted by molar-refractivity contribution is 5.98. The average molecular weight is 376 g/mol. The summed E-state index contributed by atoms with van der Waals surface area (Å²) in [5.74, 6) is 0.980. The second-order valence-electron chi connectivity index (χ2n) is 8.06. The van der Waals surface area contributed by atoms with Crippen molar-refractivity contribution in [3.8, 4) is 0 Å². The number of amides is 3. The normalized spacial score (nSPS) is 14.0. The zero-order valence-corrected chi connectivity index (χ0v) is 17.4. The van der Waals surface area contributed by atoms with E-state index in [1.807, 2.05) is 24.8 Å². The van der Waals surface area contributed by atoms with Crippen molar-refractivity contribution in [1.29, 1.82) is 0 Å². The van der Waals surface area contributed by atoms with Gasteiger partial charge in [-0.15, -0.1) is 0 Å². The van der Waals surface area contributed by atoms with E-state index in [4.69, 9.17) is 4.98 Å². The number of rotatable bonds is 5. The molecule has 1 aliphatic rings. The van der Waals surface area contributed by atoms with Crippen LogP contribution in [-0.2, 0) is 12.8 Å². The molecule has 7 nitrogen and oxygen atoms in total. The number of nitrogens with one attached hydrogen (secondary N) is 2. The summed E-state index contributed by atoms with van der Waals surface area (Å²) in [6, 6.07) is 2.10. The molecule has 0 atom stereocenters. The SMILES string of the molecule is CC(C)CNC(=O)N1CCc2cc(C(=O)N(C)C)c(NC(C)C)nc2CC1. The molecule has 3 amide bonds.